The molecule has 1 amide bonds. The van der Waals surface area contributed by atoms with E-state index >= 15 is 0 Å². The summed E-state index contributed by atoms with van der Waals surface area (Å²) in [6.45, 7) is 8.05. The Morgan fingerprint density at radius 3 is 2.62 bits per heavy atom. The predicted molar refractivity (Wildman–Crippen MR) is 90.6 cm³/mol. The number of hydrogen-bond acceptors (Lipinski definition) is 5. The number of unbranched alkanes of at least 4 members (excludes halogenated alkanes) is 1. The number of nitrogens with one attached hydrogen (secondary N) is 1. The Bertz CT molecular complexity index is 497. The molecule has 0 spiro atoms. The fraction of sp³-hybridized carbons (Fsp3) is 0.600. The Labute approximate surface area is 134 Å². The van der Waals surface area contributed by atoms with E-state index in [0.29, 0.717) is 22.9 Å². The van der Waals surface area contributed by atoms with Crippen molar-refractivity contribution in [1.29, 1.82) is 0 Å². The highest BCUT2D eigenvalue weighted by molar-refractivity contribution is 7.99. The maximum absolute atomic E-state index is 12.0. The predicted octanol–water partition coefficient (Wildman–Crippen LogP) is 4.01. The van der Waals surface area contributed by atoms with Crippen molar-refractivity contribution >= 4 is 40.0 Å². The first-order chi connectivity index (χ1) is 10.0. The number of carbonyl (C=O) groups is 2. The number of aryl methyl sites for hydroxylation is 1. The van der Waals surface area contributed by atoms with Crippen LogP contribution in [0.2, 0.25) is 0 Å². The zero-order chi connectivity index (χ0) is 15.8. The summed E-state index contributed by atoms with van der Waals surface area (Å²) < 4.78 is 5.07. The van der Waals surface area contributed by atoms with Gasteiger partial charge in [0.25, 0.3) is 0 Å². The fourth-order valence-corrected chi connectivity index (χ4v) is 3.70. The molecule has 0 saturated carbocycles. The van der Waals surface area contributed by atoms with Crippen LogP contribution in [0.5, 0.6) is 0 Å². The van der Waals surface area contributed by atoms with Crippen LogP contribution in [0.1, 0.15) is 47.5 Å². The molecule has 0 unspecified atom stereocenters. The normalized spacial score (nSPS) is 10.5. The third-order valence-corrected chi connectivity index (χ3v) is 5.16. The largest absolute Gasteiger partial charge is 0.462 e. The van der Waals surface area contributed by atoms with Crippen molar-refractivity contribution in [3.05, 3.63) is 16.0 Å². The number of anilines is 1. The molecule has 0 fully saturated rings. The molecule has 0 atom stereocenters. The number of esters is 1. The maximum Gasteiger partial charge on any atom is 0.341 e. The molecule has 0 saturated heterocycles. The molecule has 1 aromatic heterocycles. The molecule has 118 valence electrons. The van der Waals surface area contributed by atoms with Crippen molar-refractivity contribution in [3.63, 3.8) is 0 Å². The van der Waals surface area contributed by atoms with E-state index in [1.807, 2.05) is 13.8 Å². The second kappa shape index (κ2) is 9.10. The van der Waals surface area contributed by atoms with Crippen molar-refractivity contribution in [3.8, 4) is 0 Å². The van der Waals surface area contributed by atoms with Gasteiger partial charge in [-0.15, -0.1) is 11.3 Å². The van der Waals surface area contributed by atoms with Gasteiger partial charge < -0.3 is 10.1 Å². The number of amides is 1. The van der Waals surface area contributed by atoms with Gasteiger partial charge in [-0.1, -0.05) is 13.3 Å². The van der Waals surface area contributed by atoms with Gasteiger partial charge in [-0.2, -0.15) is 11.8 Å². The summed E-state index contributed by atoms with van der Waals surface area (Å²) in [4.78, 5) is 25.0. The Morgan fingerprint density at radius 2 is 2.00 bits per heavy atom. The first kappa shape index (κ1) is 18.0. The van der Waals surface area contributed by atoms with E-state index < -0.39 is 0 Å². The third-order valence-electron chi connectivity index (χ3n) is 2.99. The zero-order valence-electron chi connectivity index (χ0n) is 13.1. The Balaban J connectivity index is 2.72. The average Bonchev–Trinajstić information content (AvgIpc) is 2.70. The molecular formula is C15H23NO3S2. The lowest BCUT2D eigenvalue weighted by atomic mass is 10.1. The van der Waals surface area contributed by atoms with Crippen LogP contribution in [0, 0.1) is 13.8 Å². The zero-order valence-corrected chi connectivity index (χ0v) is 14.7. The Morgan fingerprint density at radius 1 is 1.29 bits per heavy atom. The van der Waals surface area contributed by atoms with Crippen LogP contribution in [0.15, 0.2) is 0 Å². The van der Waals surface area contributed by atoms with Gasteiger partial charge in [0.15, 0.2) is 0 Å². The smallest absolute Gasteiger partial charge is 0.341 e. The van der Waals surface area contributed by atoms with Crippen molar-refractivity contribution in [2.75, 3.05) is 23.4 Å². The average molecular weight is 329 g/mol. The topological polar surface area (TPSA) is 55.4 Å². The monoisotopic (exact) mass is 329 g/mol. The van der Waals surface area contributed by atoms with E-state index in [1.54, 1.807) is 18.7 Å². The number of rotatable bonds is 8. The van der Waals surface area contributed by atoms with Crippen LogP contribution in [0.25, 0.3) is 0 Å². The number of carbonyl (C=O) groups excluding carboxylic acids is 2. The van der Waals surface area contributed by atoms with E-state index in [0.717, 1.165) is 29.0 Å². The molecule has 1 N–H and O–H groups in total. The minimum atomic E-state index is -0.367. The van der Waals surface area contributed by atoms with Crippen molar-refractivity contribution in [1.82, 2.24) is 0 Å². The van der Waals surface area contributed by atoms with E-state index in [9.17, 15) is 9.59 Å². The van der Waals surface area contributed by atoms with E-state index in [2.05, 4.69) is 12.2 Å². The highest BCUT2D eigenvalue weighted by Crippen LogP contribution is 2.33. The molecule has 6 heteroatoms. The number of thioether (sulfide) groups is 1. The van der Waals surface area contributed by atoms with Gasteiger partial charge in [-0.3, -0.25) is 4.79 Å². The van der Waals surface area contributed by atoms with Gasteiger partial charge in [0, 0.05) is 4.88 Å². The second-order valence-corrected chi connectivity index (χ2v) is 6.99. The van der Waals surface area contributed by atoms with Crippen LogP contribution >= 0.6 is 23.1 Å². The number of ether oxygens (including phenoxy) is 1. The maximum atomic E-state index is 12.0. The molecule has 0 aliphatic carbocycles. The second-order valence-electron chi connectivity index (χ2n) is 4.66. The molecule has 0 radical (unpaired) electrons. The van der Waals surface area contributed by atoms with E-state index in [-0.39, 0.29) is 11.9 Å². The molecule has 0 aliphatic heterocycles. The van der Waals surface area contributed by atoms with E-state index in [4.69, 9.17) is 4.74 Å². The summed E-state index contributed by atoms with van der Waals surface area (Å²) in [5.41, 5.74) is 1.37. The van der Waals surface area contributed by atoms with Crippen molar-refractivity contribution in [2.45, 2.75) is 40.5 Å². The summed E-state index contributed by atoms with van der Waals surface area (Å²) in [6, 6.07) is 0. The minimum Gasteiger partial charge on any atom is -0.462 e. The molecule has 4 nitrogen and oxygen atoms in total. The lowest BCUT2D eigenvalue weighted by Gasteiger charge is -2.07. The van der Waals surface area contributed by atoms with Gasteiger partial charge >= 0.3 is 5.97 Å². The van der Waals surface area contributed by atoms with Gasteiger partial charge in [-0.05, 0) is 38.5 Å². The Hall–Kier alpha value is -1.01. The van der Waals surface area contributed by atoms with Gasteiger partial charge in [0.2, 0.25) is 5.91 Å². The minimum absolute atomic E-state index is 0.0668. The van der Waals surface area contributed by atoms with E-state index in [1.165, 1.54) is 11.3 Å². The number of thiophene rings is 1. The first-order valence-electron chi connectivity index (χ1n) is 7.15. The number of hydrogen-bond donors (Lipinski definition) is 1. The SMILES string of the molecule is CCCCSCC(=O)Nc1sc(C)c(C)c1C(=O)OCC. The molecule has 0 aromatic carbocycles. The van der Waals surface area contributed by atoms with Gasteiger partial charge in [0.05, 0.1) is 17.9 Å². The fourth-order valence-electron chi connectivity index (χ4n) is 1.74. The molecule has 1 aromatic rings. The van der Waals surface area contributed by atoms with Crippen LogP contribution < -0.4 is 5.32 Å². The molecule has 1 rings (SSSR count). The summed E-state index contributed by atoms with van der Waals surface area (Å²) in [5.74, 6) is 0.964. The molecule has 1 heterocycles. The first-order valence-corrected chi connectivity index (χ1v) is 9.13. The summed E-state index contributed by atoms with van der Waals surface area (Å²) in [6.07, 6.45) is 2.24. The quantitative estimate of drug-likeness (QED) is 0.578. The summed E-state index contributed by atoms with van der Waals surface area (Å²) in [7, 11) is 0. The van der Waals surface area contributed by atoms with Crippen molar-refractivity contribution < 1.29 is 14.3 Å². The highest BCUT2D eigenvalue weighted by atomic mass is 32.2. The van der Waals surface area contributed by atoms with Crippen LogP contribution in [0.4, 0.5) is 5.00 Å². The van der Waals surface area contributed by atoms with Crippen LogP contribution in [-0.2, 0) is 9.53 Å². The van der Waals surface area contributed by atoms with Crippen LogP contribution in [0.3, 0.4) is 0 Å². The Kier molecular flexibility index (Phi) is 7.82. The summed E-state index contributed by atoms with van der Waals surface area (Å²) >= 11 is 3.04. The summed E-state index contributed by atoms with van der Waals surface area (Å²) in [5, 5.41) is 3.45. The molecular weight excluding hydrogens is 306 g/mol. The van der Waals surface area contributed by atoms with Crippen LogP contribution in [-0.4, -0.2) is 30.0 Å². The molecule has 0 bridgehead atoms. The molecule has 0 aliphatic rings. The van der Waals surface area contributed by atoms with Gasteiger partial charge in [0.1, 0.15) is 5.00 Å². The standard InChI is InChI=1S/C15H23NO3S2/c1-5-7-8-20-9-12(17)16-14-13(15(18)19-6-2)10(3)11(4)21-14/h5-9H2,1-4H3,(H,16,17). The lowest BCUT2D eigenvalue weighted by molar-refractivity contribution is -0.113. The molecule has 21 heavy (non-hydrogen) atoms. The van der Waals surface area contributed by atoms with Crippen molar-refractivity contribution in [2.24, 2.45) is 0 Å². The third kappa shape index (κ3) is 5.36. The lowest BCUT2D eigenvalue weighted by Crippen LogP contribution is -2.16. The van der Waals surface area contributed by atoms with Gasteiger partial charge in [-0.25, -0.2) is 4.79 Å². The highest BCUT2D eigenvalue weighted by Gasteiger charge is 2.21.